The highest BCUT2D eigenvalue weighted by molar-refractivity contribution is 5.58. The molecule has 0 spiro atoms. The van der Waals surface area contributed by atoms with Gasteiger partial charge in [0.25, 0.3) is 0 Å². The summed E-state index contributed by atoms with van der Waals surface area (Å²) in [6.45, 7) is 0.970. The SMILES string of the molecule is O=CC1COC(c2ccc(OCc3ccccc3)c(C(F)(F)F)c2)CN1Cc1ccccc1. The summed E-state index contributed by atoms with van der Waals surface area (Å²) in [6, 6.07) is 22.2. The lowest BCUT2D eigenvalue weighted by atomic mass is 10.0. The van der Waals surface area contributed by atoms with E-state index in [2.05, 4.69) is 0 Å². The van der Waals surface area contributed by atoms with Crippen molar-refractivity contribution in [2.75, 3.05) is 13.2 Å². The number of carbonyl (C=O) groups is 1. The lowest BCUT2D eigenvalue weighted by molar-refractivity contribution is -0.139. The minimum absolute atomic E-state index is 0.0368. The molecule has 172 valence electrons. The molecule has 0 N–H and O–H groups in total. The Bertz CT molecular complexity index is 1060. The number of halogens is 3. The largest absolute Gasteiger partial charge is 0.488 e. The molecule has 1 fully saturated rings. The number of benzene rings is 3. The quantitative estimate of drug-likeness (QED) is 0.446. The second kappa shape index (κ2) is 10.2. The third-order valence-electron chi connectivity index (χ3n) is 5.64. The molecule has 1 aliphatic heterocycles. The van der Waals surface area contributed by atoms with Crippen LogP contribution in [0.15, 0.2) is 78.9 Å². The number of aldehydes is 1. The zero-order chi connectivity index (χ0) is 23.3. The van der Waals surface area contributed by atoms with E-state index in [9.17, 15) is 18.0 Å². The summed E-state index contributed by atoms with van der Waals surface area (Å²) >= 11 is 0. The van der Waals surface area contributed by atoms with E-state index < -0.39 is 23.9 Å². The van der Waals surface area contributed by atoms with Crippen LogP contribution in [0, 0.1) is 0 Å². The van der Waals surface area contributed by atoms with E-state index in [4.69, 9.17) is 9.47 Å². The lowest BCUT2D eigenvalue weighted by Crippen LogP contribution is -2.47. The summed E-state index contributed by atoms with van der Waals surface area (Å²) in [5.74, 6) is -0.224. The summed E-state index contributed by atoms with van der Waals surface area (Å²) in [5, 5.41) is 0. The van der Waals surface area contributed by atoms with E-state index >= 15 is 0 Å². The molecule has 7 heteroatoms. The van der Waals surface area contributed by atoms with Crippen molar-refractivity contribution in [3.05, 3.63) is 101 Å². The van der Waals surface area contributed by atoms with Gasteiger partial charge in [0, 0.05) is 13.1 Å². The topological polar surface area (TPSA) is 38.8 Å². The number of carbonyl (C=O) groups excluding carboxylic acids is 1. The molecule has 4 rings (SSSR count). The number of alkyl halides is 3. The van der Waals surface area contributed by atoms with Crippen LogP contribution < -0.4 is 4.74 Å². The Labute approximate surface area is 190 Å². The zero-order valence-electron chi connectivity index (χ0n) is 17.9. The van der Waals surface area contributed by atoms with Crippen molar-refractivity contribution in [3.8, 4) is 5.75 Å². The predicted octanol–water partition coefficient (Wildman–Crippen LogP) is 5.43. The third kappa shape index (κ3) is 5.80. The Kier molecular flexibility index (Phi) is 7.11. The normalized spacial score (nSPS) is 19.2. The molecule has 4 nitrogen and oxygen atoms in total. The molecular formula is C26H24F3NO3. The maximum atomic E-state index is 13.8. The third-order valence-corrected chi connectivity index (χ3v) is 5.64. The lowest BCUT2D eigenvalue weighted by Gasteiger charge is -2.37. The van der Waals surface area contributed by atoms with E-state index in [0.717, 1.165) is 23.5 Å². The van der Waals surface area contributed by atoms with Crippen molar-refractivity contribution in [3.63, 3.8) is 0 Å². The number of morpholine rings is 1. The molecule has 1 aliphatic rings. The highest BCUT2D eigenvalue weighted by Gasteiger charge is 2.36. The van der Waals surface area contributed by atoms with Gasteiger partial charge in [0.05, 0.1) is 24.3 Å². The summed E-state index contributed by atoms with van der Waals surface area (Å²) in [4.78, 5) is 13.5. The highest BCUT2D eigenvalue weighted by Crippen LogP contribution is 2.39. The second-order valence-corrected chi connectivity index (χ2v) is 7.97. The van der Waals surface area contributed by atoms with Crippen LogP contribution in [0.3, 0.4) is 0 Å². The van der Waals surface area contributed by atoms with Crippen molar-refractivity contribution in [1.82, 2.24) is 4.90 Å². The number of hydrogen-bond acceptors (Lipinski definition) is 4. The average Bonchev–Trinajstić information content (AvgIpc) is 2.83. The van der Waals surface area contributed by atoms with Gasteiger partial charge in [-0.2, -0.15) is 13.2 Å². The molecule has 0 saturated carbocycles. The first-order valence-electron chi connectivity index (χ1n) is 10.7. The molecule has 3 aromatic rings. The van der Waals surface area contributed by atoms with Gasteiger partial charge in [-0.25, -0.2) is 0 Å². The Morgan fingerprint density at radius 1 is 0.970 bits per heavy atom. The fraction of sp³-hybridized carbons (Fsp3) is 0.269. The first-order valence-corrected chi connectivity index (χ1v) is 10.7. The van der Waals surface area contributed by atoms with Crippen molar-refractivity contribution in [2.24, 2.45) is 0 Å². The molecular weight excluding hydrogens is 431 g/mol. The van der Waals surface area contributed by atoms with Crippen molar-refractivity contribution < 1.29 is 27.4 Å². The van der Waals surface area contributed by atoms with Crippen molar-refractivity contribution in [1.29, 1.82) is 0 Å². The summed E-state index contributed by atoms with van der Waals surface area (Å²) < 4.78 is 52.8. The molecule has 33 heavy (non-hydrogen) atoms. The Hall–Kier alpha value is -3.16. The second-order valence-electron chi connectivity index (χ2n) is 7.97. The molecule has 2 unspecified atom stereocenters. The van der Waals surface area contributed by atoms with Gasteiger partial charge < -0.3 is 14.3 Å². The molecule has 0 radical (unpaired) electrons. The van der Waals surface area contributed by atoms with E-state index in [0.29, 0.717) is 18.7 Å². The fourth-order valence-electron chi connectivity index (χ4n) is 3.88. The van der Waals surface area contributed by atoms with Crippen LogP contribution in [0.25, 0.3) is 0 Å². The smallest absolute Gasteiger partial charge is 0.419 e. The summed E-state index contributed by atoms with van der Waals surface area (Å²) in [5.41, 5.74) is 1.36. The average molecular weight is 455 g/mol. The van der Waals surface area contributed by atoms with Gasteiger partial charge in [-0.3, -0.25) is 4.90 Å². The minimum atomic E-state index is -4.58. The van der Waals surface area contributed by atoms with Crippen LogP contribution in [0.5, 0.6) is 5.75 Å². The van der Waals surface area contributed by atoms with E-state index in [1.54, 1.807) is 30.3 Å². The van der Waals surface area contributed by atoms with E-state index in [1.165, 1.54) is 6.07 Å². The van der Waals surface area contributed by atoms with Crippen molar-refractivity contribution >= 4 is 6.29 Å². The first kappa shape index (κ1) is 23.0. The van der Waals surface area contributed by atoms with Crippen LogP contribution >= 0.6 is 0 Å². The molecule has 0 aliphatic carbocycles. The highest BCUT2D eigenvalue weighted by atomic mass is 19.4. The molecule has 2 atom stereocenters. The number of hydrogen-bond donors (Lipinski definition) is 0. The standard InChI is InChI=1S/C26H24F3NO3/c27-26(28,29)23-13-21(11-12-24(23)32-17-20-9-5-2-6-10-20)25-15-30(22(16-31)18-33-25)14-19-7-3-1-4-8-19/h1-13,16,22,25H,14-15,17-18H2. The van der Waals surface area contributed by atoms with Crippen LogP contribution in [-0.2, 0) is 28.9 Å². The predicted molar refractivity (Wildman–Crippen MR) is 118 cm³/mol. The molecule has 0 aromatic heterocycles. The minimum Gasteiger partial charge on any atom is -0.488 e. The Balaban J connectivity index is 1.54. The summed E-state index contributed by atoms with van der Waals surface area (Å²) in [6.07, 6.45) is -4.35. The fourth-order valence-corrected chi connectivity index (χ4v) is 3.88. The van der Waals surface area contributed by atoms with Gasteiger partial charge in [-0.05, 0) is 28.8 Å². The monoisotopic (exact) mass is 455 g/mol. The Morgan fingerprint density at radius 2 is 1.64 bits per heavy atom. The number of nitrogens with zero attached hydrogens (tertiary/aromatic N) is 1. The first-order chi connectivity index (χ1) is 15.9. The molecule has 1 saturated heterocycles. The maximum Gasteiger partial charge on any atom is 0.419 e. The van der Waals surface area contributed by atoms with E-state index in [-0.39, 0.29) is 19.0 Å². The zero-order valence-corrected chi connectivity index (χ0v) is 17.9. The van der Waals surface area contributed by atoms with E-state index in [1.807, 2.05) is 41.3 Å². The molecule has 1 heterocycles. The maximum absolute atomic E-state index is 13.8. The van der Waals surface area contributed by atoms with Crippen LogP contribution in [0.1, 0.15) is 28.4 Å². The molecule has 0 amide bonds. The van der Waals surface area contributed by atoms with Gasteiger partial charge in [-0.15, -0.1) is 0 Å². The van der Waals surface area contributed by atoms with Gasteiger partial charge in [0.1, 0.15) is 18.6 Å². The molecule has 3 aromatic carbocycles. The van der Waals surface area contributed by atoms with Crippen LogP contribution in [-0.4, -0.2) is 30.4 Å². The van der Waals surface area contributed by atoms with Crippen LogP contribution in [0.2, 0.25) is 0 Å². The Morgan fingerprint density at radius 3 is 2.27 bits per heavy atom. The van der Waals surface area contributed by atoms with Gasteiger partial charge >= 0.3 is 6.18 Å². The number of rotatable bonds is 7. The van der Waals surface area contributed by atoms with Gasteiger partial charge in [0.2, 0.25) is 0 Å². The van der Waals surface area contributed by atoms with Crippen molar-refractivity contribution in [2.45, 2.75) is 31.5 Å². The van der Waals surface area contributed by atoms with Gasteiger partial charge in [-0.1, -0.05) is 66.7 Å². The van der Waals surface area contributed by atoms with Gasteiger partial charge in [0.15, 0.2) is 0 Å². The number of ether oxygens (including phenoxy) is 2. The molecule has 0 bridgehead atoms. The van der Waals surface area contributed by atoms with Crippen LogP contribution in [0.4, 0.5) is 13.2 Å². The summed E-state index contributed by atoms with van der Waals surface area (Å²) in [7, 11) is 0.